The van der Waals surface area contributed by atoms with Crippen molar-refractivity contribution in [1.29, 1.82) is 0 Å². The Hall–Kier alpha value is -0.993. The standard InChI is InChI=1S/C22H33ClOSi/c1-9-15(2)17-11-10-12-19(17)25(7,8)20-14-16(23)13-18(21(20)24-6)22(3,4)5/h10-11,13-15H,9,12H2,1-8H3. The molecule has 1 aliphatic rings. The maximum atomic E-state index is 6.56. The van der Waals surface area contributed by atoms with E-state index in [2.05, 4.69) is 72.0 Å². The fraction of sp³-hybridized carbons (Fsp3) is 0.545. The number of halogens is 1. The Morgan fingerprint density at radius 2 is 1.88 bits per heavy atom. The summed E-state index contributed by atoms with van der Waals surface area (Å²) in [5.74, 6) is 1.64. The van der Waals surface area contributed by atoms with Gasteiger partial charge in [-0.3, -0.25) is 0 Å². The molecule has 0 N–H and O–H groups in total. The summed E-state index contributed by atoms with van der Waals surface area (Å²) in [6.07, 6.45) is 6.92. The number of ether oxygens (including phenoxy) is 1. The number of hydrogen-bond acceptors (Lipinski definition) is 1. The molecule has 0 aliphatic heterocycles. The largest absolute Gasteiger partial charge is 0.497 e. The average Bonchev–Trinajstić information content (AvgIpc) is 3.02. The zero-order valence-electron chi connectivity index (χ0n) is 17.1. The molecule has 0 saturated heterocycles. The molecule has 2 rings (SSSR count). The van der Waals surface area contributed by atoms with Crippen LogP contribution >= 0.6 is 11.6 Å². The molecule has 1 aromatic carbocycles. The van der Waals surface area contributed by atoms with Gasteiger partial charge in [-0.25, -0.2) is 0 Å². The lowest BCUT2D eigenvalue weighted by Crippen LogP contribution is -2.45. The highest BCUT2D eigenvalue weighted by Gasteiger charge is 2.37. The van der Waals surface area contributed by atoms with E-state index in [0.29, 0.717) is 5.92 Å². The zero-order chi connectivity index (χ0) is 19.0. The Balaban J connectivity index is 2.70. The van der Waals surface area contributed by atoms with Crippen molar-refractivity contribution in [3.05, 3.63) is 45.6 Å². The fourth-order valence-corrected chi connectivity index (χ4v) is 7.45. The number of allylic oxidation sites excluding steroid dienone is 4. The quantitative estimate of drug-likeness (QED) is 0.540. The van der Waals surface area contributed by atoms with E-state index >= 15 is 0 Å². The normalized spacial score (nSPS) is 16.5. The lowest BCUT2D eigenvalue weighted by atomic mass is 9.86. The molecule has 25 heavy (non-hydrogen) atoms. The van der Waals surface area contributed by atoms with Crippen LogP contribution in [-0.4, -0.2) is 15.2 Å². The van der Waals surface area contributed by atoms with Gasteiger partial charge in [0.2, 0.25) is 0 Å². The van der Waals surface area contributed by atoms with Crippen LogP contribution in [0, 0.1) is 5.92 Å². The molecule has 0 radical (unpaired) electrons. The first-order valence-electron chi connectivity index (χ1n) is 9.32. The molecule has 1 atom stereocenters. The van der Waals surface area contributed by atoms with E-state index < -0.39 is 8.07 Å². The van der Waals surface area contributed by atoms with Gasteiger partial charge >= 0.3 is 0 Å². The van der Waals surface area contributed by atoms with Crippen molar-refractivity contribution >= 4 is 24.9 Å². The van der Waals surface area contributed by atoms with E-state index in [1.165, 1.54) is 17.2 Å². The van der Waals surface area contributed by atoms with Crippen molar-refractivity contribution in [3.8, 4) is 5.75 Å². The summed E-state index contributed by atoms with van der Waals surface area (Å²) >= 11 is 6.56. The molecular formula is C22H33ClOSi. The van der Waals surface area contributed by atoms with Crippen LogP contribution in [0.3, 0.4) is 0 Å². The van der Waals surface area contributed by atoms with Crippen molar-refractivity contribution in [2.24, 2.45) is 5.92 Å². The van der Waals surface area contributed by atoms with Crippen LogP contribution in [0.5, 0.6) is 5.75 Å². The third-order valence-corrected chi connectivity index (χ3v) is 9.54. The number of hydrogen-bond donors (Lipinski definition) is 0. The first-order chi connectivity index (χ1) is 11.5. The van der Waals surface area contributed by atoms with Crippen molar-refractivity contribution in [1.82, 2.24) is 0 Å². The number of rotatable bonds is 5. The van der Waals surface area contributed by atoms with Crippen LogP contribution in [0.2, 0.25) is 18.1 Å². The highest BCUT2D eigenvalue weighted by Crippen LogP contribution is 2.38. The maximum absolute atomic E-state index is 6.56. The Kier molecular flexibility index (Phi) is 5.95. The Labute approximate surface area is 160 Å². The summed E-state index contributed by atoms with van der Waals surface area (Å²) in [5, 5.41) is 3.77. The number of benzene rings is 1. The van der Waals surface area contributed by atoms with Gasteiger partial charge in [0, 0.05) is 10.6 Å². The Morgan fingerprint density at radius 3 is 2.40 bits per heavy atom. The third kappa shape index (κ3) is 3.90. The topological polar surface area (TPSA) is 9.23 Å². The van der Waals surface area contributed by atoms with E-state index in [4.69, 9.17) is 16.3 Å². The second-order valence-electron chi connectivity index (χ2n) is 8.76. The molecule has 0 heterocycles. The lowest BCUT2D eigenvalue weighted by molar-refractivity contribution is 0.400. The molecule has 3 heteroatoms. The summed E-state index contributed by atoms with van der Waals surface area (Å²) in [4.78, 5) is 0. The molecule has 0 saturated carbocycles. The molecule has 0 bridgehead atoms. The van der Waals surface area contributed by atoms with Crippen LogP contribution in [0.4, 0.5) is 0 Å². The lowest BCUT2D eigenvalue weighted by Gasteiger charge is -2.33. The highest BCUT2D eigenvalue weighted by molar-refractivity contribution is 6.96. The van der Waals surface area contributed by atoms with E-state index in [-0.39, 0.29) is 5.41 Å². The summed E-state index contributed by atoms with van der Waals surface area (Å²) in [6, 6.07) is 4.23. The molecule has 0 amide bonds. The van der Waals surface area contributed by atoms with Gasteiger partial charge < -0.3 is 4.74 Å². The minimum Gasteiger partial charge on any atom is -0.497 e. The Bertz CT molecular complexity index is 707. The van der Waals surface area contributed by atoms with Crippen molar-refractivity contribution in [2.75, 3.05) is 7.11 Å². The molecule has 0 aromatic heterocycles. The van der Waals surface area contributed by atoms with Gasteiger partial charge in [0.15, 0.2) is 0 Å². The maximum Gasteiger partial charge on any atom is 0.122 e. The molecule has 138 valence electrons. The zero-order valence-corrected chi connectivity index (χ0v) is 18.8. The molecule has 1 aromatic rings. The SMILES string of the molecule is CCC(C)C1=C([Si](C)(C)c2cc(Cl)cc(C(C)(C)C)c2OC)CC=C1. The van der Waals surface area contributed by atoms with E-state index in [1.54, 1.807) is 17.9 Å². The predicted octanol–water partition coefficient (Wildman–Crippen LogP) is 6.40. The number of methoxy groups -OCH3 is 1. The van der Waals surface area contributed by atoms with Gasteiger partial charge in [0.1, 0.15) is 13.8 Å². The average molecular weight is 377 g/mol. The van der Waals surface area contributed by atoms with Gasteiger partial charge in [0.25, 0.3) is 0 Å². The van der Waals surface area contributed by atoms with E-state index in [1.807, 2.05) is 0 Å². The molecular weight excluding hydrogens is 344 g/mol. The highest BCUT2D eigenvalue weighted by atomic mass is 35.5. The van der Waals surface area contributed by atoms with E-state index in [0.717, 1.165) is 17.2 Å². The van der Waals surface area contributed by atoms with Gasteiger partial charge in [-0.2, -0.15) is 0 Å². The monoisotopic (exact) mass is 376 g/mol. The summed E-state index contributed by atoms with van der Waals surface area (Å²) in [5.41, 5.74) is 2.74. The summed E-state index contributed by atoms with van der Waals surface area (Å²) in [6.45, 7) is 16.2. The van der Waals surface area contributed by atoms with Crippen molar-refractivity contribution < 1.29 is 4.74 Å². The first-order valence-corrected chi connectivity index (χ1v) is 12.7. The second kappa shape index (κ2) is 7.32. The minimum absolute atomic E-state index is 0.00266. The van der Waals surface area contributed by atoms with Crippen molar-refractivity contribution in [2.45, 2.75) is 66.0 Å². The van der Waals surface area contributed by atoms with Crippen LogP contribution in [0.1, 0.15) is 53.0 Å². The van der Waals surface area contributed by atoms with Gasteiger partial charge in [0.05, 0.1) is 7.11 Å². The molecule has 1 aliphatic carbocycles. The Morgan fingerprint density at radius 1 is 1.24 bits per heavy atom. The van der Waals surface area contributed by atoms with Crippen LogP contribution < -0.4 is 9.92 Å². The van der Waals surface area contributed by atoms with Crippen LogP contribution in [0.25, 0.3) is 0 Å². The molecule has 0 spiro atoms. The third-order valence-electron chi connectivity index (χ3n) is 5.60. The molecule has 1 unspecified atom stereocenters. The second-order valence-corrected chi connectivity index (χ2v) is 13.6. The smallest absolute Gasteiger partial charge is 0.122 e. The first kappa shape index (κ1) is 20.3. The van der Waals surface area contributed by atoms with Crippen LogP contribution in [-0.2, 0) is 5.41 Å². The predicted molar refractivity (Wildman–Crippen MR) is 114 cm³/mol. The van der Waals surface area contributed by atoms with Gasteiger partial charge in [-0.1, -0.05) is 76.7 Å². The summed E-state index contributed by atoms with van der Waals surface area (Å²) < 4.78 is 5.96. The van der Waals surface area contributed by atoms with E-state index in [9.17, 15) is 0 Å². The van der Waals surface area contributed by atoms with Crippen LogP contribution in [0.15, 0.2) is 35.1 Å². The van der Waals surface area contributed by atoms with Gasteiger partial charge in [-0.05, 0) is 47.1 Å². The molecule has 1 nitrogen and oxygen atoms in total. The van der Waals surface area contributed by atoms with Crippen molar-refractivity contribution in [3.63, 3.8) is 0 Å². The molecule has 0 fully saturated rings. The minimum atomic E-state index is -1.89. The summed E-state index contributed by atoms with van der Waals surface area (Å²) in [7, 11) is -0.0929. The fourth-order valence-electron chi connectivity index (χ4n) is 3.82. The van der Waals surface area contributed by atoms with Gasteiger partial charge in [-0.15, -0.1) is 0 Å².